The van der Waals surface area contributed by atoms with E-state index in [1.165, 1.54) is 17.7 Å². The zero-order chi connectivity index (χ0) is 25.8. The Hall–Kier alpha value is -3.93. The van der Waals surface area contributed by atoms with Crippen LogP contribution in [0.4, 0.5) is 11.5 Å². The molecule has 0 unspecified atom stereocenters. The van der Waals surface area contributed by atoms with Crippen molar-refractivity contribution in [2.75, 3.05) is 30.9 Å². The first kappa shape index (κ1) is 23.2. The summed E-state index contributed by atoms with van der Waals surface area (Å²) in [5.41, 5.74) is 8.77. The summed E-state index contributed by atoms with van der Waals surface area (Å²) in [5.74, 6) is 0.913. The van der Waals surface area contributed by atoms with Gasteiger partial charge in [0, 0.05) is 22.2 Å². The fraction of sp³-hybridized carbons (Fsp3) is 0.231. The number of anilines is 2. The number of nitrogens with one attached hydrogen (secondary N) is 2. The number of thiophene rings is 1. The molecule has 0 radical (unpaired) electrons. The lowest BCUT2D eigenvalue weighted by Crippen LogP contribution is -2.32. The minimum absolute atomic E-state index is 0.00995. The lowest BCUT2D eigenvalue weighted by molar-refractivity contribution is 0.103. The van der Waals surface area contributed by atoms with Gasteiger partial charge in [-0.05, 0) is 37.6 Å². The SMILES string of the molecule is Nc1ncnc2c1c(-c1ccc(NC(=O)c3sc4ccccc4c3Cl)c3c1OCO3)nn2[C@@H]1CCCNC1. The molecule has 0 spiro atoms. The predicted molar refractivity (Wildman–Crippen MR) is 147 cm³/mol. The number of benzene rings is 2. The molecule has 1 amide bonds. The van der Waals surface area contributed by atoms with E-state index in [4.69, 9.17) is 31.9 Å². The van der Waals surface area contributed by atoms with Crippen LogP contribution in [-0.2, 0) is 0 Å². The first-order valence-electron chi connectivity index (χ1n) is 12.2. The van der Waals surface area contributed by atoms with Crippen LogP contribution in [0.1, 0.15) is 28.6 Å². The number of nitrogen functional groups attached to an aromatic ring is 1. The normalized spacial score (nSPS) is 16.8. The van der Waals surface area contributed by atoms with Gasteiger partial charge in [-0.2, -0.15) is 5.10 Å². The third kappa shape index (κ3) is 3.65. The topological polar surface area (TPSA) is 129 Å². The summed E-state index contributed by atoms with van der Waals surface area (Å²) in [4.78, 5) is 22.4. The zero-order valence-corrected chi connectivity index (χ0v) is 21.6. The second-order valence-electron chi connectivity index (χ2n) is 9.17. The van der Waals surface area contributed by atoms with Crippen LogP contribution in [0.5, 0.6) is 11.5 Å². The van der Waals surface area contributed by atoms with Gasteiger partial charge in [-0.25, -0.2) is 14.6 Å². The monoisotopic (exact) mass is 547 g/mol. The molecule has 38 heavy (non-hydrogen) atoms. The molecule has 192 valence electrons. The van der Waals surface area contributed by atoms with Crippen LogP contribution in [0.2, 0.25) is 5.02 Å². The number of carbonyl (C=O) groups is 1. The molecule has 2 aliphatic heterocycles. The van der Waals surface area contributed by atoms with E-state index in [-0.39, 0.29) is 18.7 Å². The Balaban J connectivity index is 1.29. The molecular weight excluding hydrogens is 526 g/mol. The number of carbonyl (C=O) groups excluding carboxylic acids is 1. The fourth-order valence-electron chi connectivity index (χ4n) is 5.10. The van der Waals surface area contributed by atoms with Crippen molar-refractivity contribution in [2.45, 2.75) is 18.9 Å². The van der Waals surface area contributed by atoms with Gasteiger partial charge in [0.2, 0.25) is 6.79 Å². The maximum Gasteiger partial charge on any atom is 0.267 e. The fourth-order valence-corrected chi connectivity index (χ4v) is 6.51. The average molecular weight is 548 g/mol. The lowest BCUT2D eigenvalue weighted by atomic mass is 10.1. The molecular formula is C26H22ClN7O3S. The van der Waals surface area contributed by atoms with Crippen LogP contribution in [0.15, 0.2) is 42.7 Å². The molecule has 1 saturated heterocycles. The van der Waals surface area contributed by atoms with Crippen LogP contribution < -0.4 is 25.8 Å². The molecule has 4 N–H and O–H groups in total. The highest BCUT2D eigenvalue weighted by atomic mass is 35.5. The maximum atomic E-state index is 13.2. The van der Waals surface area contributed by atoms with Crippen LogP contribution in [0.25, 0.3) is 32.4 Å². The van der Waals surface area contributed by atoms with E-state index in [1.807, 2.05) is 35.0 Å². The minimum Gasteiger partial charge on any atom is -0.453 e. The number of ether oxygens (including phenoxy) is 2. The van der Waals surface area contributed by atoms with Crippen LogP contribution >= 0.6 is 22.9 Å². The third-order valence-corrected chi connectivity index (χ3v) is 8.57. The van der Waals surface area contributed by atoms with Crippen molar-refractivity contribution in [3.63, 3.8) is 0 Å². The van der Waals surface area contributed by atoms with Crippen molar-refractivity contribution in [3.05, 3.63) is 52.6 Å². The van der Waals surface area contributed by atoms with Gasteiger partial charge in [0.05, 0.1) is 22.1 Å². The quantitative estimate of drug-likeness (QED) is 0.291. The highest BCUT2D eigenvalue weighted by Crippen LogP contribution is 2.48. The van der Waals surface area contributed by atoms with E-state index in [2.05, 4.69) is 20.6 Å². The van der Waals surface area contributed by atoms with E-state index in [1.54, 1.807) is 6.07 Å². The minimum atomic E-state index is -0.321. The molecule has 2 aliphatic rings. The number of hydrogen-bond acceptors (Lipinski definition) is 9. The predicted octanol–water partition coefficient (Wildman–Crippen LogP) is 4.85. The summed E-state index contributed by atoms with van der Waals surface area (Å²) in [5, 5.41) is 13.3. The number of hydrogen-bond donors (Lipinski definition) is 3. The number of fused-ring (bicyclic) bond motifs is 3. The number of amides is 1. The summed E-state index contributed by atoms with van der Waals surface area (Å²) < 4.78 is 14.6. The zero-order valence-electron chi connectivity index (χ0n) is 20.0. The largest absolute Gasteiger partial charge is 0.453 e. The highest BCUT2D eigenvalue weighted by Gasteiger charge is 2.30. The number of halogens is 1. The molecule has 5 aromatic rings. The Labute approximate surface area is 225 Å². The van der Waals surface area contributed by atoms with Crippen LogP contribution in [-0.4, -0.2) is 45.5 Å². The molecule has 0 bridgehead atoms. The molecule has 5 heterocycles. The van der Waals surface area contributed by atoms with E-state index < -0.39 is 0 Å². The van der Waals surface area contributed by atoms with Crippen molar-refractivity contribution >= 4 is 61.5 Å². The molecule has 1 fully saturated rings. The van der Waals surface area contributed by atoms with Crippen LogP contribution in [0.3, 0.4) is 0 Å². The van der Waals surface area contributed by atoms with Gasteiger partial charge >= 0.3 is 0 Å². The number of piperidine rings is 1. The molecule has 1 atom stereocenters. The van der Waals surface area contributed by atoms with Gasteiger partial charge in [-0.3, -0.25) is 4.79 Å². The lowest BCUT2D eigenvalue weighted by Gasteiger charge is -2.23. The van der Waals surface area contributed by atoms with Gasteiger partial charge in [0.1, 0.15) is 22.7 Å². The van der Waals surface area contributed by atoms with Crippen molar-refractivity contribution in [1.29, 1.82) is 0 Å². The van der Waals surface area contributed by atoms with Gasteiger partial charge in [-0.1, -0.05) is 29.8 Å². The van der Waals surface area contributed by atoms with Crippen molar-refractivity contribution in [2.24, 2.45) is 0 Å². The Bertz CT molecular complexity index is 1730. The smallest absolute Gasteiger partial charge is 0.267 e. The maximum absolute atomic E-state index is 13.2. The number of nitrogens with two attached hydrogens (primary N) is 1. The molecule has 3 aromatic heterocycles. The molecule has 7 rings (SSSR count). The Morgan fingerprint density at radius 3 is 2.89 bits per heavy atom. The van der Waals surface area contributed by atoms with Crippen molar-refractivity contribution in [1.82, 2.24) is 25.1 Å². The van der Waals surface area contributed by atoms with Crippen molar-refractivity contribution in [3.8, 4) is 22.8 Å². The standard InChI is InChI=1S/C26H22ClN7O3S/c27-19-14-5-1-2-6-17(14)38-23(19)26(35)32-16-8-7-15(21-22(16)37-12-36-21)20-18-24(28)30-11-31-25(18)34(33-20)13-4-3-9-29-10-13/h1-2,5-8,11,13,29H,3-4,9-10,12H2,(H,32,35)(H2,28,30,31)/t13-/m1/s1. The average Bonchev–Trinajstić information content (AvgIpc) is 3.67. The highest BCUT2D eigenvalue weighted by molar-refractivity contribution is 7.21. The van der Waals surface area contributed by atoms with Crippen molar-refractivity contribution < 1.29 is 14.3 Å². The third-order valence-electron chi connectivity index (χ3n) is 6.90. The summed E-state index contributed by atoms with van der Waals surface area (Å²) in [6, 6.07) is 11.4. The molecule has 0 saturated carbocycles. The molecule has 10 nitrogen and oxygen atoms in total. The summed E-state index contributed by atoms with van der Waals surface area (Å²) in [6.07, 6.45) is 3.49. The first-order valence-corrected chi connectivity index (χ1v) is 13.4. The van der Waals surface area contributed by atoms with Gasteiger partial charge in [-0.15, -0.1) is 11.3 Å². The van der Waals surface area contributed by atoms with Crippen LogP contribution in [0, 0.1) is 0 Å². The molecule has 12 heteroatoms. The Morgan fingerprint density at radius 2 is 2.05 bits per heavy atom. The van der Waals surface area contributed by atoms with Gasteiger partial charge in [0.25, 0.3) is 5.91 Å². The number of aromatic nitrogens is 4. The second kappa shape index (κ2) is 9.12. The summed E-state index contributed by atoms with van der Waals surface area (Å²) in [7, 11) is 0. The molecule has 0 aliphatic carbocycles. The Kier molecular flexibility index (Phi) is 5.57. The second-order valence-corrected chi connectivity index (χ2v) is 10.6. The number of nitrogens with zero attached hydrogens (tertiary/aromatic N) is 4. The van der Waals surface area contributed by atoms with Gasteiger partial charge < -0.3 is 25.8 Å². The van der Waals surface area contributed by atoms with E-state index in [9.17, 15) is 4.79 Å². The summed E-state index contributed by atoms with van der Waals surface area (Å²) in [6.45, 7) is 1.79. The first-order chi connectivity index (χ1) is 18.6. The van der Waals surface area contributed by atoms with E-state index in [0.29, 0.717) is 55.2 Å². The molecule has 2 aromatic carbocycles. The number of rotatable bonds is 4. The van der Waals surface area contributed by atoms with E-state index in [0.717, 1.165) is 36.0 Å². The summed E-state index contributed by atoms with van der Waals surface area (Å²) >= 11 is 7.87. The van der Waals surface area contributed by atoms with E-state index >= 15 is 0 Å². The Morgan fingerprint density at radius 1 is 1.18 bits per heavy atom. The van der Waals surface area contributed by atoms with Gasteiger partial charge in [0.15, 0.2) is 17.1 Å².